The molecule has 0 saturated carbocycles. The summed E-state index contributed by atoms with van der Waals surface area (Å²) in [7, 11) is -1.49. The highest BCUT2D eigenvalue weighted by molar-refractivity contribution is 6.50. The van der Waals surface area contributed by atoms with Crippen molar-refractivity contribution < 1.29 is 29.6 Å². The second-order valence-electron chi connectivity index (χ2n) is 5.79. The second-order valence-corrected chi connectivity index (χ2v) is 5.79. The average molecular weight is 370 g/mol. The fraction of sp³-hybridized carbons (Fsp3) is 0.125. The number of nitrogens with two attached hydrogens (primary N) is 1. The molecule has 1 amide bonds. The predicted molar refractivity (Wildman–Crippen MR) is 94.6 cm³/mol. The first-order chi connectivity index (χ1) is 12.9. The molecule has 2 heterocycles. The highest BCUT2D eigenvalue weighted by Gasteiger charge is 2.38. The third-order valence-corrected chi connectivity index (χ3v) is 3.99. The Morgan fingerprint density at radius 2 is 2.04 bits per heavy atom. The van der Waals surface area contributed by atoms with Crippen molar-refractivity contribution in [3.8, 4) is 5.75 Å². The summed E-state index contributed by atoms with van der Waals surface area (Å²) in [6.07, 6.45) is 0.117. The zero-order valence-corrected chi connectivity index (χ0v) is 13.9. The summed E-state index contributed by atoms with van der Waals surface area (Å²) in [5.41, 5.74) is 5.65. The number of nitrogen functional groups attached to an aromatic ring is 1. The molecule has 3 rings (SSSR count). The monoisotopic (exact) mass is 370 g/mol. The van der Waals surface area contributed by atoms with Gasteiger partial charge in [-0.25, -0.2) is 9.78 Å². The van der Waals surface area contributed by atoms with Crippen LogP contribution in [0.5, 0.6) is 5.75 Å². The highest BCUT2D eigenvalue weighted by atomic mass is 16.5. The molecule has 11 heteroatoms. The van der Waals surface area contributed by atoms with E-state index in [1.807, 2.05) is 0 Å². The Bertz CT molecular complexity index is 935. The number of amides is 1. The number of carboxylic acid groups (broad SMARTS) is 1. The first-order valence-corrected chi connectivity index (χ1v) is 7.86. The number of carboxylic acids is 1. The maximum atomic E-state index is 12.4. The second kappa shape index (κ2) is 7.34. The Hall–Kier alpha value is -3.60. The fourth-order valence-electron chi connectivity index (χ4n) is 2.75. The number of para-hydroxylation sites is 1. The number of carbonyl (C=O) groups excluding carboxylic acids is 1. The van der Waals surface area contributed by atoms with E-state index in [1.165, 1.54) is 18.2 Å². The van der Waals surface area contributed by atoms with E-state index in [2.05, 4.69) is 15.5 Å². The Labute approximate surface area is 153 Å². The van der Waals surface area contributed by atoms with Crippen molar-refractivity contribution in [2.45, 2.75) is 12.4 Å². The number of nitrogens with zero attached hydrogens (tertiary/aromatic N) is 2. The van der Waals surface area contributed by atoms with E-state index in [-0.39, 0.29) is 35.0 Å². The standard InChI is InChI=1S/C16H15BN4O6/c18-12-6-2-5-10(19-12)13(21-26)15(22)20-11-7-8-3-1-4-9(16(23)24)14(8)27-17(11)25/h1-6,11,25-26H,7H2,(H2,18,19)(H,20,22)(H,23,24)/b21-13-/t11-/m0/s1. The van der Waals surface area contributed by atoms with E-state index in [1.54, 1.807) is 18.2 Å². The van der Waals surface area contributed by atoms with Crippen LogP contribution in [0.2, 0.25) is 0 Å². The number of hydrogen-bond donors (Lipinski definition) is 5. The van der Waals surface area contributed by atoms with Crippen LogP contribution in [0.4, 0.5) is 5.82 Å². The molecule has 1 aliphatic rings. The molecule has 0 saturated heterocycles. The van der Waals surface area contributed by atoms with Crippen molar-refractivity contribution in [2.24, 2.45) is 5.16 Å². The molecule has 1 aromatic heterocycles. The van der Waals surface area contributed by atoms with Gasteiger partial charge in [-0.1, -0.05) is 23.4 Å². The number of hydrogen-bond acceptors (Lipinski definition) is 8. The van der Waals surface area contributed by atoms with Crippen LogP contribution < -0.4 is 15.7 Å². The number of aromatic nitrogens is 1. The number of rotatable bonds is 4. The minimum atomic E-state index is -1.49. The van der Waals surface area contributed by atoms with Gasteiger partial charge in [-0.3, -0.25) is 4.79 Å². The lowest BCUT2D eigenvalue weighted by atomic mass is 9.72. The molecule has 0 radical (unpaired) electrons. The molecule has 10 nitrogen and oxygen atoms in total. The van der Waals surface area contributed by atoms with Crippen molar-refractivity contribution in [2.75, 3.05) is 5.73 Å². The average Bonchev–Trinajstić information content (AvgIpc) is 2.62. The topological polar surface area (TPSA) is 167 Å². The number of aromatic carboxylic acids is 1. The van der Waals surface area contributed by atoms with Crippen LogP contribution in [-0.2, 0) is 11.2 Å². The molecule has 6 N–H and O–H groups in total. The van der Waals surface area contributed by atoms with E-state index >= 15 is 0 Å². The summed E-state index contributed by atoms with van der Waals surface area (Å²) in [5.74, 6) is -2.70. The summed E-state index contributed by atoms with van der Waals surface area (Å²) in [4.78, 5) is 27.6. The molecule has 0 spiro atoms. The number of benzene rings is 1. The summed E-state index contributed by atoms with van der Waals surface area (Å²) in [5, 5.41) is 34.0. The SMILES string of the molecule is Nc1cccc(/C(=N/O)C(=O)N[C@H]2Cc3cccc(C(=O)O)c3OB2O)n1. The van der Waals surface area contributed by atoms with Crippen molar-refractivity contribution in [1.82, 2.24) is 10.3 Å². The van der Waals surface area contributed by atoms with Gasteiger partial charge < -0.3 is 31.0 Å². The lowest BCUT2D eigenvalue weighted by Crippen LogP contribution is -2.54. The molecular weight excluding hydrogens is 355 g/mol. The van der Waals surface area contributed by atoms with Crippen molar-refractivity contribution >= 4 is 30.5 Å². The molecule has 2 aromatic rings. The number of nitrogens with one attached hydrogen (secondary N) is 1. The van der Waals surface area contributed by atoms with Gasteiger partial charge in [0.1, 0.15) is 17.3 Å². The van der Waals surface area contributed by atoms with Gasteiger partial charge in [-0.15, -0.1) is 0 Å². The van der Waals surface area contributed by atoms with Gasteiger partial charge in [0.25, 0.3) is 5.91 Å². The third-order valence-electron chi connectivity index (χ3n) is 3.99. The lowest BCUT2D eigenvalue weighted by molar-refractivity contribution is -0.115. The van der Waals surface area contributed by atoms with Crippen LogP contribution in [0.1, 0.15) is 21.6 Å². The zero-order chi connectivity index (χ0) is 19.6. The van der Waals surface area contributed by atoms with Crippen LogP contribution in [0.3, 0.4) is 0 Å². The summed E-state index contributed by atoms with van der Waals surface area (Å²) >= 11 is 0. The van der Waals surface area contributed by atoms with E-state index in [4.69, 9.17) is 10.4 Å². The van der Waals surface area contributed by atoms with Crippen LogP contribution in [0.25, 0.3) is 0 Å². The largest absolute Gasteiger partial charge is 0.547 e. The third kappa shape index (κ3) is 3.67. The van der Waals surface area contributed by atoms with Gasteiger partial charge in [-0.2, -0.15) is 0 Å². The molecular formula is C16H15BN4O6. The Balaban J connectivity index is 1.81. The molecule has 0 bridgehead atoms. The summed E-state index contributed by atoms with van der Waals surface area (Å²) in [6, 6.07) is 9.01. The van der Waals surface area contributed by atoms with Crippen molar-refractivity contribution in [1.29, 1.82) is 0 Å². The van der Waals surface area contributed by atoms with Gasteiger partial charge in [0.05, 0.1) is 11.5 Å². The lowest BCUT2D eigenvalue weighted by Gasteiger charge is -2.28. The number of oxime groups is 1. The highest BCUT2D eigenvalue weighted by Crippen LogP contribution is 2.30. The molecule has 1 aromatic carbocycles. The molecule has 0 unspecified atom stereocenters. The van der Waals surface area contributed by atoms with Gasteiger partial charge >= 0.3 is 13.1 Å². The Kier molecular flexibility index (Phi) is 4.95. The quantitative estimate of drug-likeness (QED) is 0.211. The van der Waals surface area contributed by atoms with Crippen molar-refractivity contribution in [3.05, 3.63) is 53.2 Å². The smallest absolute Gasteiger partial charge is 0.534 e. The summed E-state index contributed by atoms with van der Waals surface area (Å²) in [6.45, 7) is 0. The molecule has 0 aliphatic carbocycles. The number of anilines is 1. The minimum absolute atomic E-state index is 0.0507. The first kappa shape index (κ1) is 18.2. The van der Waals surface area contributed by atoms with Gasteiger partial charge in [0, 0.05) is 0 Å². The Morgan fingerprint density at radius 1 is 1.30 bits per heavy atom. The fourth-order valence-corrected chi connectivity index (χ4v) is 2.75. The van der Waals surface area contributed by atoms with Crippen LogP contribution >= 0.6 is 0 Å². The van der Waals surface area contributed by atoms with E-state index in [0.29, 0.717) is 5.56 Å². The van der Waals surface area contributed by atoms with E-state index in [9.17, 15) is 24.9 Å². The molecule has 1 atom stereocenters. The Morgan fingerprint density at radius 3 is 2.70 bits per heavy atom. The van der Waals surface area contributed by atoms with E-state index in [0.717, 1.165) is 0 Å². The van der Waals surface area contributed by atoms with Crippen LogP contribution in [-0.4, -0.2) is 51.0 Å². The molecule has 0 fully saturated rings. The van der Waals surface area contributed by atoms with Gasteiger partial charge in [0.15, 0.2) is 5.71 Å². The van der Waals surface area contributed by atoms with Gasteiger partial charge in [-0.05, 0) is 30.2 Å². The molecule has 1 aliphatic heterocycles. The maximum absolute atomic E-state index is 12.4. The normalized spacial score (nSPS) is 16.3. The first-order valence-electron chi connectivity index (χ1n) is 7.86. The van der Waals surface area contributed by atoms with Gasteiger partial charge in [0.2, 0.25) is 0 Å². The number of carbonyl (C=O) groups is 2. The summed E-state index contributed by atoms with van der Waals surface area (Å²) < 4.78 is 5.30. The molecule has 27 heavy (non-hydrogen) atoms. The molecule has 138 valence electrons. The van der Waals surface area contributed by atoms with Crippen LogP contribution in [0.15, 0.2) is 41.6 Å². The van der Waals surface area contributed by atoms with E-state index < -0.39 is 24.9 Å². The predicted octanol–water partition coefficient (Wildman–Crippen LogP) is -0.320. The minimum Gasteiger partial charge on any atom is -0.534 e. The zero-order valence-electron chi connectivity index (χ0n) is 13.9. The van der Waals surface area contributed by atoms with Crippen molar-refractivity contribution in [3.63, 3.8) is 0 Å². The number of fused-ring (bicyclic) bond motifs is 1. The van der Waals surface area contributed by atoms with Crippen LogP contribution in [0, 0.1) is 0 Å². The maximum Gasteiger partial charge on any atom is 0.547 e. The number of pyridine rings is 1.